The largest absolute Gasteiger partial charge is 0.487 e. The van der Waals surface area contributed by atoms with Crippen LogP contribution in [0.4, 0.5) is 0 Å². The van der Waals surface area contributed by atoms with Crippen molar-refractivity contribution in [2.24, 2.45) is 0 Å². The Bertz CT molecular complexity index is 813. The van der Waals surface area contributed by atoms with E-state index < -0.39 is 0 Å². The monoisotopic (exact) mass is 274 g/mol. The first-order valence-corrected chi connectivity index (χ1v) is 6.95. The van der Waals surface area contributed by atoms with Crippen molar-refractivity contribution in [1.82, 2.24) is 9.97 Å². The predicted molar refractivity (Wildman–Crippen MR) is 82.0 cm³/mol. The Morgan fingerprint density at radius 3 is 2.71 bits per heavy atom. The van der Waals surface area contributed by atoms with Gasteiger partial charge in [0.1, 0.15) is 12.4 Å². The number of hydrogen-bond donors (Lipinski definition) is 0. The minimum Gasteiger partial charge on any atom is -0.487 e. The summed E-state index contributed by atoms with van der Waals surface area (Å²) in [5.41, 5.74) is 6.79. The van der Waals surface area contributed by atoms with E-state index in [1.165, 1.54) is 16.7 Å². The van der Waals surface area contributed by atoms with Crippen molar-refractivity contribution in [3.05, 3.63) is 66.2 Å². The van der Waals surface area contributed by atoms with Crippen molar-refractivity contribution in [3.63, 3.8) is 0 Å². The van der Waals surface area contributed by atoms with Crippen LogP contribution in [-0.2, 0) is 6.61 Å². The van der Waals surface area contributed by atoms with Gasteiger partial charge in [-0.2, -0.15) is 0 Å². The molecule has 21 heavy (non-hydrogen) atoms. The van der Waals surface area contributed by atoms with Crippen molar-refractivity contribution >= 4 is 0 Å². The number of nitrogens with zero attached hydrogens (tertiary/aromatic N) is 2. The van der Waals surface area contributed by atoms with Crippen molar-refractivity contribution in [2.45, 2.75) is 13.5 Å². The number of aromatic nitrogens is 2. The zero-order valence-corrected chi connectivity index (χ0v) is 11.7. The molecule has 2 aromatic heterocycles. The highest BCUT2D eigenvalue weighted by Crippen LogP contribution is 2.41. The van der Waals surface area contributed by atoms with Gasteiger partial charge < -0.3 is 4.74 Å². The van der Waals surface area contributed by atoms with Crippen LogP contribution in [0.2, 0.25) is 0 Å². The molecule has 0 saturated heterocycles. The van der Waals surface area contributed by atoms with Gasteiger partial charge in [-0.1, -0.05) is 30.3 Å². The Labute approximate surface area is 123 Å². The third-order valence-corrected chi connectivity index (χ3v) is 3.89. The molecule has 0 fully saturated rings. The first-order chi connectivity index (χ1) is 10.3. The Balaban J connectivity index is 2.00. The Morgan fingerprint density at radius 1 is 1.00 bits per heavy atom. The summed E-state index contributed by atoms with van der Waals surface area (Å²) in [5.74, 6) is 0.828. The highest BCUT2D eigenvalue weighted by atomic mass is 16.5. The van der Waals surface area contributed by atoms with Gasteiger partial charge >= 0.3 is 0 Å². The van der Waals surface area contributed by atoms with Crippen LogP contribution in [0.3, 0.4) is 0 Å². The third kappa shape index (κ3) is 1.89. The average Bonchev–Trinajstić information content (AvgIpc) is 2.55. The lowest BCUT2D eigenvalue weighted by Gasteiger charge is -2.23. The van der Waals surface area contributed by atoms with Gasteiger partial charge in [-0.25, -0.2) is 0 Å². The molecule has 3 aromatic rings. The van der Waals surface area contributed by atoms with Crippen molar-refractivity contribution in [3.8, 4) is 28.0 Å². The molecule has 4 rings (SSSR count). The highest BCUT2D eigenvalue weighted by Gasteiger charge is 2.22. The topological polar surface area (TPSA) is 35.0 Å². The molecule has 0 saturated carbocycles. The average molecular weight is 274 g/mol. The van der Waals surface area contributed by atoms with Gasteiger partial charge in [-0.3, -0.25) is 9.97 Å². The minimum absolute atomic E-state index is 0.557. The fourth-order valence-corrected chi connectivity index (χ4v) is 2.89. The van der Waals surface area contributed by atoms with Gasteiger partial charge in [0.05, 0.1) is 6.20 Å². The SMILES string of the molecule is Cc1ncc2c(c1-c1ccccc1)COc1cnccc1-2. The fraction of sp³-hybridized carbons (Fsp3) is 0.111. The van der Waals surface area contributed by atoms with Gasteiger partial charge in [-0.15, -0.1) is 0 Å². The first kappa shape index (κ1) is 12.1. The molecule has 0 atom stereocenters. The summed E-state index contributed by atoms with van der Waals surface area (Å²) in [6, 6.07) is 12.3. The third-order valence-electron chi connectivity index (χ3n) is 3.89. The van der Waals surface area contributed by atoms with E-state index in [1.54, 1.807) is 12.4 Å². The zero-order valence-electron chi connectivity index (χ0n) is 11.7. The second-order valence-electron chi connectivity index (χ2n) is 5.14. The highest BCUT2D eigenvalue weighted by molar-refractivity contribution is 5.82. The van der Waals surface area contributed by atoms with Gasteiger partial charge in [0.2, 0.25) is 0 Å². The molecule has 1 aromatic carbocycles. The van der Waals surface area contributed by atoms with E-state index in [-0.39, 0.29) is 0 Å². The molecule has 3 heteroatoms. The van der Waals surface area contributed by atoms with Gasteiger partial charge in [0.15, 0.2) is 0 Å². The number of hydrogen-bond acceptors (Lipinski definition) is 3. The number of pyridine rings is 2. The molecular formula is C18H14N2O. The molecule has 3 heterocycles. The lowest BCUT2D eigenvalue weighted by molar-refractivity contribution is 0.301. The molecule has 0 spiro atoms. The smallest absolute Gasteiger partial charge is 0.145 e. The summed E-state index contributed by atoms with van der Waals surface area (Å²) in [5, 5.41) is 0. The quantitative estimate of drug-likeness (QED) is 0.672. The number of rotatable bonds is 1. The Morgan fingerprint density at radius 2 is 1.86 bits per heavy atom. The fourth-order valence-electron chi connectivity index (χ4n) is 2.89. The van der Waals surface area contributed by atoms with Gasteiger partial charge in [-0.05, 0) is 18.6 Å². The summed E-state index contributed by atoms with van der Waals surface area (Å²) >= 11 is 0. The standard InChI is InChI=1S/C18H14N2O/c1-12-18(13-5-3-2-4-6-13)16-11-21-17-10-19-8-7-14(17)15(16)9-20-12/h2-10H,11H2,1H3. The van der Waals surface area contributed by atoms with Crippen molar-refractivity contribution in [1.29, 1.82) is 0 Å². The van der Waals surface area contributed by atoms with E-state index in [4.69, 9.17) is 4.74 Å². The molecular weight excluding hydrogens is 260 g/mol. The molecule has 0 radical (unpaired) electrons. The maximum atomic E-state index is 5.88. The molecule has 0 amide bonds. The maximum absolute atomic E-state index is 5.88. The number of benzene rings is 1. The van der Waals surface area contributed by atoms with Crippen LogP contribution in [0.1, 0.15) is 11.3 Å². The molecule has 0 unspecified atom stereocenters. The lowest BCUT2D eigenvalue weighted by atomic mass is 9.91. The summed E-state index contributed by atoms with van der Waals surface area (Å²) in [7, 11) is 0. The van der Waals surface area contributed by atoms with E-state index in [0.717, 1.165) is 22.6 Å². The first-order valence-electron chi connectivity index (χ1n) is 6.95. The van der Waals surface area contributed by atoms with Gasteiger partial charge in [0, 0.05) is 40.3 Å². The van der Waals surface area contributed by atoms with Crippen molar-refractivity contribution < 1.29 is 4.74 Å². The molecule has 0 aliphatic carbocycles. The Kier molecular flexibility index (Phi) is 2.71. The van der Waals surface area contributed by atoms with Crippen LogP contribution in [0.15, 0.2) is 55.0 Å². The summed E-state index contributed by atoms with van der Waals surface area (Å²) in [6.07, 6.45) is 5.50. The normalized spacial score (nSPS) is 12.2. The zero-order chi connectivity index (χ0) is 14.2. The molecule has 3 nitrogen and oxygen atoms in total. The summed E-state index contributed by atoms with van der Waals surface area (Å²) in [4.78, 5) is 8.72. The van der Waals surface area contributed by atoms with E-state index in [1.807, 2.05) is 25.3 Å². The van der Waals surface area contributed by atoms with E-state index in [0.29, 0.717) is 6.61 Å². The molecule has 1 aliphatic rings. The van der Waals surface area contributed by atoms with Crippen LogP contribution in [0.5, 0.6) is 5.75 Å². The maximum Gasteiger partial charge on any atom is 0.145 e. The molecule has 1 aliphatic heterocycles. The number of fused-ring (bicyclic) bond motifs is 3. The summed E-state index contributed by atoms with van der Waals surface area (Å²) in [6.45, 7) is 2.60. The second-order valence-corrected chi connectivity index (χ2v) is 5.14. The summed E-state index contributed by atoms with van der Waals surface area (Å²) < 4.78 is 5.88. The van der Waals surface area contributed by atoms with Crippen LogP contribution in [0.25, 0.3) is 22.3 Å². The van der Waals surface area contributed by atoms with Crippen LogP contribution in [-0.4, -0.2) is 9.97 Å². The van der Waals surface area contributed by atoms with Crippen LogP contribution in [0, 0.1) is 6.92 Å². The Hall–Kier alpha value is -2.68. The van der Waals surface area contributed by atoms with E-state index >= 15 is 0 Å². The number of ether oxygens (including phenoxy) is 1. The van der Waals surface area contributed by atoms with Crippen LogP contribution >= 0.6 is 0 Å². The number of aryl methyl sites for hydroxylation is 1. The minimum atomic E-state index is 0.557. The predicted octanol–water partition coefficient (Wildman–Crippen LogP) is 4.01. The lowest BCUT2D eigenvalue weighted by Crippen LogP contribution is -2.09. The van der Waals surface area contributed by atoms with E-state index in [9.17, 15) is 0 Å². The van der Waals surface area contributed by atoms with Gasteiger partial charge in [0.25, 0.3) is 0 Å². The molecule has 0 bridgehead atoms. The van der Waals surface area contributed by atoms with Crippen LogP contribution < -0.4 is 4.74 Å². The van der Waals surface area contributed by atoms with Crippen molar-refractivity contribution in [2.75, 3.05) is 0 Å². The molecule has 102 valence electrons. The molecule has 0 N–H and O–H groups in total. The van der Waals surface area contributed by atoms with E-state index in [2.05, 4.69) is 34.2 Å². The second kappa shape index (κ2) is 4.70.